The third kappa shape index (κ3) is 3.96. The van der Waals surface area contributed by atoms with E-state index in [1.165, 1.54) is 18.5 Å². The van der Waals surface area contributed by atoms with Gasteiger partial charge in [0.2, 0.25) is 5.91 Å². The summed E-state index contributed by atoms with van der Waals surface area (Å²) >= 11 is 0. The van der Waals surface area contributed by atoms with E-state index in [1.807, 2.05) is 6.07 Å². The number of aliphatic carboxylic acids is 1. The molecule has 0 saturated heterocycles. The molecule has 1 aromatic heterocycles. The van der Waals surface area contributed by atoms with E-state index >= 15 is 0 Å². The van der Waals surface area contributed by atoms with Gasteiger partial charge >= 0.3 is 11.7 Å². The topological polar surface area (TPSA) is 110 Å². The van der Waals surface area contributed by atoms with Crippen molar-refractivity contribution in [1.82, 2.24) is 14.5 Å². The summed E-state index contributed by atoms with van der Waals surface area (Å²) in [5, 5.41) is 11.8. The van der Waals surface area contributed by atoms with Crippen molar-refractivity contribution >= 4 is 22.8 Å². The SMILES string of the molecule is C[C@H](NC(=O)[C@H](Cc1ccccc1)n1c(=O)c2ccccc2n(C)c1=O)C(=O)O. The predicted molar refractivity (Wildman–Crippen MR) is 108 cm³/mol. The van der Waals surface area contributed by atoms with Crippen molar-refractivity contribution in [1.29, 1.82) is 0 Å². The number of carboxylic acids is 1. The van der Waals surface area contributed by atoms with Crippen LogP contribution in [0.4, 0.5) is 0 Å². The maximum absolute atomic E-state index is 13.1. The van der Waals surface area contributed by atoms with Gasteiger partial charge in [-0.25, -0.2) is 9.36 Å². The molecule has 0 bridgehead atoms. The molecule has 8 nitrogen and oxygen atoms in total. The summed E-state index contributed by atoms with van der Waals surface area (Å²) in [5.41, 5.74) is -0.0511. The number of carbonyl (C=O) groups is 2. The Hall–Kier alpha value is -3.68. The van der Waals surface area contributed by atoms with Gasteiger partial charge in [-0.1, -0.05) is 42.5 Å². The number of hydrogen-bond acceptors (Lipinski definition) is 4. The van der Waals surface area contributed by atoms with Gasteiger partial charge in [0.15, 0.2) is 0 Å². The first-order valence-electron chi connectivity index (χ1n) is 9.08. The first kappa shape index (κ1) is 20.1. The van der Waals surface area contributed by atoms with Crippen LogP contribution in [-0.4, -0.2) is 32.2 Å². The summed E-state index contributed by atoms with van der Waals surface area (Å²) in [6.45, 7) is 1.32. The zero-order valence-electron chi connectivity index (χ0n) is 16.0. The Balaban J connectivity index is 2.18. The average Bonchev–Trinajstić information content (AvgIpc) is 2.72. The quantitative estimate of drug-likeness (QED) is 0.649. The Bertz CT molecular complexity index is 1180. The van der Waals surface area contributed by atoms with Gasteiger partial charge in [-0.15, -0.1) is 0 Å². The molecule has 1 heterocycles. The molecule has 0 unspecified atom stereocenters. The van der Waals surface area contributed by atoms with Crippen LogP contribution in [0.2, 0.25) is 0 Å². The van der Waals surface area contributed by atoms with Gasteiger partial charge in [0.1, 0.15) is 12.1 Å². The smallest absolute Gasteiger partial charge is 0.331 e. The van der Waals surface area contributed by atoms with Crippen LogP contribution >= 0.6 is 0 Å². The third-order valence-corrected chi connectivity index (χ3v) is 4.82. The molecule has 0 radical (unpaired) electrons. The number of amides is 1. The Morgan fingerprint density at radius 3 is 2.31 bits per heavy atom. The van der Waals surface area contributed by atoms with Crippen molar-refractivity contribution < 1.29 is 14.7 Å². The molecule has 0 spiro atoms. The summed E-state index contributed by atoms with van der Waals surface area (Å²) in [5.74, 6) is -1.92. The van der Waals surface area contributed by atoms with Crippen LogP contribution in [0.3, 0.4) is 0 Å². The molecule has 0 aliphatic heterocycles. The van der Waals surface area contributed by atoms with Crippen molar-refractivity contribution in [3.8, 4) is 0 Å². The zero-order valence-corrected chi connectivity index (χ0v) is 16.0. The Labute approximate surface area is 166 Å². The second-order valence-electron chi connectivity index (χ2n) is 6.81. The highest BCUT2D eigenvalue weighted by Gasteiger charge is 2.28. The van der Waals surface area contributed by atoms with Crippen LogP contribution in [-0.2, 0) is 23.1 Å². The summed E-state index contributed by atoms with van der Waals surface area (Å²) in [7, 11) is 1.53. The van der Waals surface area contributed by atoms with Gasteiger partial charge in [-0.05, 0) is 24.6 Å². The van der Waals surface area contributed by atoms with Crippen LogP contribution in [0.25, 0.3) is 10.9 Å². The highest BCUT2D eigenvalue weighted by molar-refractivity contribution is 5.86. The molecule has 3 aromatic rings. The Morgan fingerprint density at radius 2 is 1.66 bits per heavy atom. The second-order valence-corrected chi connectivity index (χ2v) is 6.81. The molecule has 29 heavy (non-hydrogen) atoms. The van der Waals surface area contributed by atoms with Crippen molar-refractivity contribution in [3.63, 3.8) is 0 Å². The maximum Gasteiger partial charge on any atom is 0.331 e. The normalized spacial score (nSPS) is 13.0. The minimum atomic E-state index is -1.21. The summed E-state index contributed by atoms with van der Waals surface area (Å²) in [4.78, 5) is 50.2. The fourth-order valence-electron chi connectivity index (χ4n) is 3.21. The number of carboxylic acid groups (broad SMARTS) is 1. The molecule has 0 aliphatic carbocycles. The number of aromatic nitrogens is 2. The lowest BCUT2D eigenvalue weighted by Gasteiger charge is -2.21. The number of aryl methyl sites for hydroxylation is 1. The molecule has 3 rings (SSSR count). The van der Waals surface area contributed by atoms with Gasteiger partial charge in [-0.3, -0.25) is 19.0 Å². The minimum absolute atomic E-state index is 0.0620. The van der Waals surface area contributed by atoms with Crippen LogP contribution in [0.5, 0.6) is 0 Å². The molecule has 2 atom stereocenters. The monoisotopic (exact) mass is 395 g/mol. The van der Waals surface area contributed by atoms with E-state index in [9.17, 15) is 19.2 Å². The van der Waals surface area contributed by atoms with E-state index in [1.54, 1.807) is 48.5 Å². The summed E-state index contributed by atoms with van der Waals surface area (Å²) in [6, 6.07) is 13.2. The van der Waals surface area contributed by atoms with E-state index in [-0.39, 0.29) is 6.42 Å². The first-order valence-corrected chi connectivity index (χ1v) is 9.08. The van der Waals surface area contributed by atoms with E-state index in [2.05, 4.69) is 5.32 Å². The largest absolute Gasteiger partial charge is 0.480 e. The molecule has 8 heteroatoms. The molecule has 0 saturated carbocycles. The van der Waals surface area contributed by atoms with E-state index in [0.29, 0.717) is 10.9 Å². The molecule has 2 N–H and O–H groups in total. The van der Waals surface area contributed by atoms with Crippen molar-refractivity contribution in [2.45, 2.75) is 25.4 Å². The molecule has 150 valence electrons. The minimum Gasteiger partial charge on any atom is -0.480 e. The Kier molecular flexibility index (Phi) is 5.63. The molecule has 0 aliphatic rings. The first-order chi connectivity index (χ1) is 13.8. The second kappa shape index (κ2) is 8.14. The van der Waals surface area contributed by atoms with E-state index < -0.39 is 35.2 Å². The lowest BCUT2D eigenvalue weighted by Crippen LogP contribution is -2.50. The third-order valence-electron chi connectivity index (χ3n) is 4.82. The van der Waals surface area contributed by atoms with Gasteiger partial charge in [-0.2, -0.15) is 0 Å². The number of rotatable bonds is 6. The lowest BCUT2D eigenvalue weighted by atomic mass is 10.0. The average molecular weight is 395 g/mol. The highest BCUT2D eigenvalue weighted by Crippen LogP contribution is 2.14. The summed E-state index contributed by atoms with van der Waals surface area (Å²) in [6.07, 6.45) is 0.0620. The number of fused-ring (bicyclic) bond motifs is 1. The fraction of sp³-hybridized carbons (Fsp3) is 0.238. The standard InChI is InChI=1S/C21H21N3O5/c1-13(20(27)28)22-18(25)17(12-14-8-4-3-5-9-14)24-19(26)15-10-6-7-11-16(15)23(2)21(24)29/h3-11,13,17H,12H2,1-2H3,(H,22,25)(H,27,28)/t13-,17-/m0/s1. The Morgan fingerprint density at radius 1 is 1.03 bits per heavy atom. The number of carbonyl (C=O) groups excluding carboxylic acids is 1. The van der Waals surface area contributed by atoms with Gasteiger partial charge in [0.05, 0.1) is 10.9 Å². The molecular formula is C21H21N3O5. The number of para-hydroxylation sites is 1. The zero-order chi connectivity index (χ0) is 21.1. The highest BCUT2D eigenvalue weighted by atomic mass is 16.4. The van der Waals surface area contributed by atoms with Gasteiger partial charge < -0.3 is 10.4 Å². The van der Waals surface area contributed by atoms with Gasteiger partial charge in [0.25, 0.3) is 5.56 Å². The lowest BCUT2D eigenvalue weighted by molar-refractivity contribution is -0.141. The number of hydrogen-bond donors (Lipinski definition) is 2. The summed E-state index contributed by atoms with van der Waals surface area (Å²) < 4.78 is 2.21. The number of nitrogens with one attached hydrogen (secondary N) is 1. The maximum atomic E-state index is 13.1. The molecule has 0 fully saturated rings. The predicted octanol–water partition coefficient (Wildman–Crippen LogP) is 1.07. The van der Waals surface area contributed by atoms with Crippen molar-refractivity contribution in [2.75, 3.05) is 0 Å². The molecule has 1 amide bonds. The van der Waals surface area contributed by atoms with Crippen molar-refractivity contribution in [2.24, 2.45) is 7.05 Å². The van der Waals surface area contributed by atoms with E-state index in [4.69, 9.17) is 5.11 Å². The number of nitrogens with zero attached hydrogens (tertiary/aromatic N) is 2. The fourth-order valence-corrected chi connectivity index (χ4v) is 3.21. The van der Waals surface area contributed by atoms with Crippen LogP contribution in [0.1, 0.15) is 18.5 Å². The van der Waals surface area contributed by atoms with Crippen LogP contribution < -0.4 is 16.6 Å². The van der Waals surface area contributed by atoms with Crippen molar-refractivity contribution in [3.05, 3.63) is 81.0 Å². The van der Waals surface area contributed by atoms with Crippen LogP contribution in [0.15, 0.2) is 64.2 Å². The van der Waals surface area contributed by atoms with Crippen LogP contribution in [0, 0.1) is 0 Å². The molecular weight excluding hydrogens is 374 g/mol. The number of benzene rings is 2. The van der Waals surface area contributed by atoms with E-state index in [0.717, 1.165) is 10.1 Å². The van der Waals surface area contributed by atoms with Gasteiger partial charge in [0, 0.05) is 13.5 Å². The molecule has 2 aromatic carbocycles.